The van der Waals surface area contributed by atoms with E-state index in [4.69, 9.17) is 14.5 Å². The van der Waals surface area contributed by atoms with E-state index in [9.17, 15) is 0 Å². The van der Waals surface area contributed by atoms with Gasteiger partial charge in [-0.25, -0.2) is 0 Å². The fourth-order valence-corrected chi connectivity index (χ4v) is 3.98. The number of rotatable bonds is 10. The summed E-state index contributed by atoms with van der Waals surface area (Å²) >= 11 is 0. The average Bonchev–Trinajstić information content (AvgIpc) is 3.58. The van der Waals surface area contributed by atoms with Gasteiger partial charge >= 0.3 is 0 Å². The molecule has 2 aliphatic rings. The number of likely N-dealkylation sites (tertiary alicyclic amines) is 1. The first-order valence-electron chi connectivity index (χ1n) is 11.3. The summed E-state index contributed by atoms with van der Waals surface area (Å²) in [5, 5.41) is 7.06. The lowest BCUT2D eigenvalue weighted by molar-refractivity contribution is 0.197. The number of hydrogen-bond acceptors (Lipinski definition) is 4. The molecule has 30 heavy (non-hydrogen) atoms. The Kier molecular flexibility index (Phi) is 11.1. The molecule has 1 heterocycles. The van der Waals surface area contributed by atoms with Gasteiger partial charge in [0.1, 0.15) is 0 Å². The third kappa shape index (κ3) is 7.80. The molecule has 0 spiro atoms. The molecule has 170 valence electrons. The van der Waals surface area contributed by atoms with E-state index in [-0.39, 0.29) is 24.0 Å². The number of nitrogens with one attached hydrogen (secondary N) is 2. The molecule has 0 atom stereocenters. The summed E-state index contributed by atoms with van der Waals surface area (Å²) in [4.78, 5) is 7.47. The van der Waals surface area contributed by atoms with Crippen LogP contribution >= 0.6 is 24.0 Å². The van der Waals surface area contributed by atoms with Crippen LogP contribution in [0.25, 0.3) is 0 Å². The lowest BCUT2D eigenvalue weighted by Crippen LogP contribution is -2.49. The number of halogens is 1. The number of guanidine groups is 1. The van der Waals surface area contributed by atoms with Crippen molar-refractivity contribution in [2.24, 2.45) is 4.99 Å². The Hall–Kier alpha value is -1.22. The molecule has 0 radical (unpaired) electrons. The SMILES string of the molecule is CCNC(=NCCCc1ccc(OC)c(OCC)c1)NC1CCN(C2CC2)CC1.I. The lowest BCUT2D eigenvalue weighted by atomic mass is 10.1. The molecule has 7 heteroatoms. The monoisotopic (exact) mass is 530 g/mol. The third-order valence-corrected chi connectivity index (χ3v) is 5.70. The molecule has 1 aliphatic carbocycles. The highest BCUT2D eigenvalue weighted by Gasteiger charge is 2.31. The summed E-state index contributed by atoms with van der Waals surface area (Å²) in [6.07, 6.45) is 7.23. The number of aliphatic imine (C=N–C) groups is 1. The Balaban J connectivity index is 0.00000320. The van der Waals surface area contributed by atoms with Crippen molar-refractivity contribution in [2.45, 2.75) is 64.5 Å². The third-order valence-electron chi connectivity index (χ3n) is 5.70. The maximum Gasteiger partial charge on any atom is 0.191 e. The first-order chi connectivity index (χ1) is 14.2. The molecular weight excluding hydrogens is 491 g/mol. The molecule has 1 aromatic carbocycles. The Morgan fingerprint density at radius 2 is 1.90 bits per heavy atom. The molecular formula is C23H39IN4O2. The van der Waals surface area contributed by atoms with Gasteiger partial charge in [-0.2, -0.15) is 0 Å². The van der Waals surface area contributed by atoms with Crippen LogP contribution in [0.3, 0.4) is 0 Å². The Morgan fingerprint density at radius 1 is 1.13 bits per heavy atom. The van der Waals surface area contributed by atoms with Crippen LogP contribution in [0.1, 0.15) is 51.5 Å². The molecule has 1 saturated heterocycles. The van der Waals surface area contributed by atoms with E-state index < -0.39 is 0 Å². The smallest absolute Gasteiger partial charge is 0.191 e. The van der Waals surface area contributed by atoms with Gasteiger partial charge < -0.3 is 25.0 Å². The highest BCUT2D eigenvalue weighted by molar-refractivity contribution is 14.0. The van der Waals surface area contributed by atoms with Crippen molar-refractivity contribution in [2.75, 3.05) is 39.9 Å². The summed E-state index contributed by atoms with van der Waals surface area (Å²) in [5.41, 5.74) is 1.26. The lowest BCUT2D eigenvalue weighted by Gasteiger charge is -2.33. The average molecular weight is 530 g/mol. The van der Waals surface area contributed by atoms with Crippen molar-refractivity contribution in [3.63, 3.8) is 0 Å². The van der Waals surface area contributed by atoms with Gasteiger partial charge in [-0.15, -0.1) is 24.0 Å². The number of hydrogen-bond donors (Lipinski definition) is 2. The van der Waals surface area contributed by atoms with E-state index in [0.717, 1.165) is 49.4 Å². The zero-order valence-electron chi connectivity index (χ0n) is 18.8. The molecule has 0 bridgehead atoms. The second-order valence-corrected chi connectivity index (χ2v) is 7.97. The van der Waals surface area contributed by atoms with Crippen molar-refractivity contribution >= 4 is 29.9 Å². The summed E-state index contributed by atoms with van der Waals surface area (Å²) in [5.74, 6) is 2.57. The molecule has 1 aromatic rings. The molecule has 0 unspecified atom stereocenters. The fourth-order valence-electron chi connectivity index (χ4n) is 3.98. The minimum absolute atomic E-state index is 0. The van der Waals surface area contributed by atoms with Crippen molar-refractivity contribution in [3.05, 3.63) is 23.8 Å². The fraction of sp³-hybridized carbons (Fsp3) is 0.696. The van der Waals surface area contributed by atoms with Crippen LogP contribution in [0.2, 0.25) is 0 Å². The van der Waals surface area contributed by atoms with Crippen molar-refractivity contribution in [1.82, 2.24) is 15.5 Å². The zero-order valence-corrected chi connectivity index (χ0v) is 21.1. The molecule has 3 rings (SSSR count). The first-order valence-corrected chi connectivity index (χ1v) is 11.3. The molecule has 0 amide bonds. The predicted molar refractivity (Wildman–Crippen MR) is 135 cm³/mol. The van der Waals surface area contributed by atoms with Crippen molar-refractivity contribution in [1.29, 1.82) is 0 Å². The number of benzene rings is 1. The molecule has 1 aliphatic heterocycles. The number of ether oxygens (including phenoxy) is 2. The van der Waals surface area contributed by atoms with Crippen LogP contribution in [-0.4, -0.2) is 62.8 Å². The maximum absolute atomic E-state index is 5.68. The number of aryl methyl sites for hydroxylation is 1. The zero-order chi connectivity index (χ0) is 20.5. The van der Waals surface area contributed by atoms with Crippen LogP contribution in [0.5, 0.6) is 11.5 Å². The number of methoxy groups -OCH3 is 1. The molecule has 6 nitrogen and oxygen atoms in total. The van der Waals surface area contributed by atoms with Gasteiger partial charge in [-0.3, -0.25) is 4.99 Å². The van der Waals surface area contributed by atoms with Crippen molar-refractivity contribution < 1.29 is 9.47 Å². The first kappa shape index (κ1) is 25.0. The standard InChI is InChI=1S/C23H38N4O2.HI/c1-4-24-23(26-19-12-15-27(16-13-19)20-9-10-20)25-14-6-7-18-8-11-21(28-3)22(17-18)29-5-2;/h8,11,17,19-20H,4-7,9-10,12-16H2,1-3H3,(H2,24,25,26);1H. The maximum atomic E-state index is 5.68. The summed E-state index contributed by atoms with van der Waals surface area (Å²) < 4.78 is 11.0. The van der Waals surface area contributed by atoms with E-state index in [0.29, 0.717) is 12.6 Å². The van der Waals surface area contributed by atoms with Crippen LogP contribution < -0.4 is 20.1 Å². The van der Waals surface area contributed by atoms with Crippen LogP contribution in [-0.2, 0) is 6.42 Å². The molecule has 1 saturated carbocycles. The molecule has 2 fully saturated rings. The Morgan fingerprint density at radius 3 is 2.53 bits per heavy atom. The largest absolute Gasteiger partial charge is 0.493 e. The van der Waals surface area contributed by atoms with Gasteiger partial charge in [0.2, 0.25) is 0 Å². The van der Waals surface area contributed by atoms with Gasteiger partial charge in [-0.1, -0.05) is 6.07 Å². The highest BCUT2D eigenvalue weighted by atomic mass is 127. The van der Waals surface area contributed by atoms with Crippen LogP contribution in [0.15, 0.2) is 23.2 Å². The van der Waals surface area contributed by atoms with Gasteiger partial charge in [0.25, 0.3) is 0 Å². The molecule has 2 N–H and O–H groups in total. The number of nitrogens with zero attached hydrogens (tertiary/aromatic N) is 2. The van der Waals surface area contributed by atoms with E-state index >= 15 is 0 Å². The summed E-state index contributed by atoms with van der Waals surface area (Å²) in [6.45, 7) is 8.91. The van der Waals surface area contributed by atoms with Gasteiger partial charge in [0, 0.05) is 38.3 Å². The minimum Gasteiger partial charge on any atom is -0.493 e. The van der Waals surface area contributed by atoms with Crippen molar-refractivity contribution in [3.8, 4) is 11.5 Å². The molecule has 0 aromatic heterocycles. The van der Waals surface area contributed by atoms with Crippen LogP contribution in [0.4, 0.5) is 0 Å². The van der Waals surface area contributed by atoms with Gasteiger partial charge in [0.05, 0.1) is 13.7 Å². The highest BCUT2D eigenvalue weighted by Crippen LogP contribution is 2.29. The van der Waals surface area contributed by atoms with Gasteiger partial charge in [-0.05, 0) is 70.1 Å². The predicted octanol–water partition coefficient (Wildman–Crippen LogP) is 3.83. The van der Waals surface area contributed by atoms with E-state index in [1.807, 2.05) is 13.0 Å². The number of piperidine rings is 1. The van der Waals surface area contributed by atoms with E-state index in [1.54, 1.807) is 7.11 Å². The minimum atomic E-state index is 0. The second-order valence-electron chi connectivity index (χ2n) is 7.97. The Labute approximate surface area is 199 Å². The van der Waals surface area contributed by atoms with E-state index in [2.05, 4.69) is 34.6 Å². The van der Waals surface area contributed by atoms with Crippen LogP contribution in [0, 0.1) is 0 Å². The summed E-state index contributed by atoms with van der Waals surface area (Å²) in [7, 11) is 1.68. The van der Waals surface area contributed by atoms with E-state index in [1.165, 1.54) is 44.3 Å². The Bertz CT molecular complexity index is 659. The summed E-state index contributed by atoms with van der Waals surface area (Å²) in [6, 6.07) is 7.62. The normalized spacial score (nSPS) is 17.9. The quantitative estimate of drug-likeness (QED) is 0.209. The second kappa shape index (κ2) is 13.2. The van der Waals surface area contributed by atoms with Gasteiger partial charge in [0.15, 0.2) is 17.5 Å². The topological polar surface area (TPSA) is 58.1 Å².